The normalized spacial score (nSPS) is 14.3. The minimum absolute atomic E-state index is 0.00315. The fraction of sp³-hybridized carbons (Fsp3) is 0.357. The fourth-order valence-electron chi connectivity index (χ4n) is 2.26. The number of nitrogens with zero attached hydrogens (tertiary/aromatic N) is 2. The van der Waals surface area contributed by atoms with Gasteiger partial charge in [0.15, 0.2) is 0 Å². The molecule has 2 rings (SSSR count). The molecule has 0 bridgehead atoms. The lowest BCUT2D eigenvalue weighted by Gasteiger charge is -2.25. The number of methoxy groups -OCH3 is 1. The summed E-state index contributed by atoms with van der Waals surface area (Å²) in [5.74, 6) is 5.68. The van der Waals surface area contributed by atoms with Crippen LogP contribution in [0.3, 0.4) is 0 Å². The third kappa shape index (κ3) is 3.41. The van der Waals surface area contributed by atoms with Gasteiger partial charge in [-0.1, -0.05) is 30.3 Å². The van der Waals surface area contributed by atoms with Crippen molar-refractivity contribution in [1.29, 1.82) is 0 Å². The van der Waals surface area contributed by atoms with E-state index < -0.39 is 0 Å². The summed E-state index contributed by atoms with van der Waals surface area (Å²) in [4.78, 5) is 0. The Morgan fingerprint density at radius 2 is 2.11 bits per heavy atom. The molecule has 2 atom stereocenters. The smallest absolute Gasteiger partial charge is 0.0990 e. The van der Waals surface area contributed by atoms with Crippen LogP contribution in [0.5, 0.6) is 0 Å². The van der Waals surface area contributed by atoms with Crippen LogP contribution in [0.25, 0.3) is 0 Å². The number of aromatic nitrogens is 2. The van der Waals surface area contributed by atoms with Gasteiger partial charge in [-0.15, -0.1) is 0 Å². The molecule has 3 N–H and O–H groups in total. The Morgan fingerprint density at radius 1 is 1.37 bits per heavy atom. The summed E-state index contributed by atoms with van der Waals surface area (Å²) in [6.45, 7) is 0. The molecule has 0 spiro atoms. The Bertz CT molecular complexity index is 497. The molecule has 1 heterocycles. The zero-order chi connectivity index (χ0) is 13.7. The second kappa shape index (κ2) is 6.47. The summed E-state index contributed by atoms with van der Waals surface area (Å²) in [6, 6.07) is 10.1. The van der Waals surface area contributed by atoms with Crippen molar-refractivity contribution >= 4 is 0 Å². The SMILES string of the molecule is COC(c1ccccc1)C(Cc1cnn(C)c1)NN. The van der Waals surface area contributed by atoms with E-state index in [0.717, 1.165) is 17.5 Å². The van der Waals surface area contributed by atoms with E-state index in [1.165, 1.54) is 0 Å². The molecule has 0 fully saturated rings. The third-order valence-electron chi connectivity index (χ3n) is 3.18. The van der Waals surface area contributed by atoms with Crippen molar-refractivity contribution in [2.24, 2.45) is 12.9 Å². The van der Waals surface area contributed by atoms with Gasteiger partial charge in [-0.3, -0.25) is 16.0 Å². The molecule has 0 saturated carbocycles. The number of rotatable bonds is 6. The maximum Gasteiger partial charge on any atom is 0.0990 e. The van der Waals surface area contributed by atoms with Crippen molar-refractivity contribution in [2.75, 3.05) is 7.11 Å². The molecule has 0 saturated heterocycles. The van der Waals surface area contributed by atoms with Crippen LogP contribution in [0, 0.1) is 0 Å². The standard InChI is InChI=1S/C14H20N4O/c1-18-10-11(9-16-18)8-13(17-15)14(19-2)12-6-4-3-5-7-12/h3-7,9-10,13-14,17H,8,15H2,1-2H3. The maximum absolute atomic E-state index is 5.68. The van der Waals surface area contributed by atoms with Crippen LogP contribution in [-0.4, -0.2) is 22.9 Å². The lowest BCUT2D eigenvalue weighted by atomic mass is 9.98. The number of nitrogens with one attached hydrogen (secondary N) is 1. The highest BCUT2D eigenvalue weighted by Crippen LogP contribution is 2.22. The zero-order valence-electron chi connectivity index (χ0n) is 11.3. The van der Waals surface area contributed by atoms with Crippen LogP contribution >= 0.6 is 0 Å². The lowest BCUT2D eigenvalue weighted by molar-refractivity contribution is 0.0679. The number of hydrogen-bond acceptors (Lipinski definition) is 4. The molecule has 5 nitrogen and oxygen atoms in total. The Balaban J connectivity index is 2.15. The molecule has 1 aromatic carbocycles. The van der Waals surface area contributed by atoms with Crippen LogP contribution < -0.4 is 11.3 Å². The van der Waals surface area contributed by atoms with Crippen LogP contribution in [-0.2, 0) is 18.2 Å². The van der Waals surface area contributed by atoms with Gasteiger partial charge in [-0.25, -0.2) is 0 Å². The van der Waals surface area contributed by atoms with Crippen LogP contribution in [0.2, 0.25) is 0 Å². The summed E-state index contributed by atoms with van der Waals surface area (Å²) < 4.78 is 7.38. The molecule has 0 aliphatic rings. The minimum Gasteiger partial charge on any atom is -0.375 e. The highest BCUT2D eigenvalue weighted by Gasteiger charge is 2.22. The van der Waals surface area contributed by atoms with Gasteiger partial charge in [0.05, 0.1) is 18.3 Å². The molecule has 0 radical (unpaired) electrons. The number of hydrogen-bond donors (Lipinski definition) is 2. The van der Waals surface area contributed by atoms with E-state index in [-0.39, 0.29) is 12.1 Å². The van der Waals surface area contributed by atoms with Crippen LogP contribution in [0.15, 0.2) is 42.7 Å². The van der Waals surface area contributed by atoms with E-state index in [1.807, 2.05) is 49.8 Å². The van der Waals surface area contributed by atoms with Crippen molar-refractivity contribution in [3.05, 3.63) is 53.9 Å². The first-order valence-electron chi connectivity index (χ1n) is 6.26. The highest BCUT2D eigenvalue weighted by atomic mass is 16.5. The zero-order valence-corrected chi connectivity index (χ0v) is 11.3. The van der Waals surface area contributed by atoms with E-state index in [0.29, 0.717) is 0 Å². The predicted octanol–water partition coefficient (Wildman–Crippen LogP) is 1.18. The van der Waals surface area contributed by atoms with E-state index in [1.54, 1.807) is 11.8 Å². The van der Waals surface area contributed by atoms with Crippen LogP contribution in [0.1, 0.15) is 17.2 Å². The average Bonchev–Trinajstić information content (AvgIpc) is 2.85. The molecule has 1 aromatic heterocycles. The van der Waals surface area contributed by atoms with Gasteiger partial charge in [-0.2, -0.15) is 5.10 Å². The molecular weight excluding hydrogens is 240 g/mol. The first-order chi connectivity index (χ1) is 9.24. The first kappa shape index (κ1) is 13.7. The van der Waals surface area contributed by atoms with Crippen molar-refractivity contribution in [3.63, 3.8) is 0 Å². The fourth-order valence-corrected chi connectivity index (χ4v) is 2.26. The number of benzene rings is 1. The van der Waals surface area contributed by atoms with Gasteiger partial charge < -0.3 is 4.74 Å². The van der Waals surface area contributed by atoms with Gasteiger partial charge in [0.2, 0.25) is 0 Å². The van der Waals surface area contributed by atoms with Gasteiger partial charge in [0.25, 0.3) is 0 Å². The summed E-state index contributed by atoms with van der Waals surface area (Å²) in [6.07, 6.45) is 4.51. The molecule has 0 aliphatic heterocycles. The number of ether oxygens (including phenoxy) is 1. The van der Waals surface area contributed by atoms with E-state index in [4.69, 9.17) is 10.6 Å². The summed E-state index contributed by atoms with van der Waals surface area (Å²) in [5.41, 5.74) is 5.08. The molecule has 5 heteroatoms. The largest absolute Gasteiger partial charge is 0.375 e. The number of hydrazine groups is 1. The third-order valence-corrected chi connectivity index (χ3v) is 3.18. The van der Waals surface area contributed by atoms with Gasteiger partial charge in [0, 0.05) is 20.4 Å². The van der Waals surface area contributed by atoms with E-state index in [9.17, 15) is 0 Å². The van der Waals surface area contributed by atoms with Crippen molar-refractivity contribution < 1.29 is 4.74 Å². The molecule has 0 amide bonds. The van der Waals surface area contributed by atoms with Crippen molar-refractivity contribution in [2.45, 2.75) is 18.6 Å². The molecule has 2 aromatic rings. The Hall–Kier alpha value is -1.69. The molecule has 102 valence electrons. The Kier molecular flexibility index (Phi) is 4.68. The van der Waals surface area contributed by atoms with Gasteiger partial charge in [-0.05, 0) is 17.5 Å². The number of aryl methyl sites for hydroxylation is 1. The number of nitrogens with two attached hydrogens (primary N) is 1. The maximum atomic E-state index is 5.68. The second-order valence-electron chi connectivity index (χ2n) is 4.57. The van der Waals surface area contributed by atoms with Crippen molar-refractivity contribution in [1.82, 2.24) is 15.2 Å². The highest BCUT2D eigenvalue weighted by molar-refractivity contribution is 5.20. The van der Waals surface area contributed by atoms with E-state index >= 15 is 0 Å². The monoisotopic (exact) mass is 260 g/mol. The Labute approximate surface area is 113 Å². The van der Waals surface area contributed by atoms with Crippen LogP contribution in [0.4, 0.5) is 0 Å². The molecule has 19 heavy (non-hydrogen) atoms. The van der Waals surface area contributed by atoms with Gasteiger partial charge in [0.1, 0.15) is 0 Å². The van der Waals surface area contributed by atoms with Gasteiger partial charge >= 0.3 is 0 Å². The first-order valence-corrected chi connectivity index (χ1v) is 6.26. The quantitative estimate of drug-likeness (QED) is 0.605. The molecule has 2 unspecified atom stereocenters. The summed E-state index contributed by atoms with van der Waals surface area (Å²) in [5, 5.41) is 4.17. The molecular formula is C14H20N4O. The van der Waals surface area contributed by atoms with Crippen molar-refractivity contribution in [3.8, 4) is 0 Å². The van der Waals surface area contributed by atoms with E-state index in [2.05, 4.69) is 10.5 Å². The summed E-state index contributed by atoms with van der Waals surface area (Å²) in [7, 11) is 3.60. The Morgan fingerprint density at radius 3 is 2.63 bits per heavy atom. The molecule has 0 aliphatic carbocycles. The lowest BCUT2D eigenvalue weighted by Crippen LogP contribution is -2.42. The average molecular weight is 260 g/mol. The minimum atomic E-state index is -0.0913. The topological polar surface area (TPSA) is 65.1 Å². The summed E-state index contributed by atoms with van der Waals surface area (Å²) >= 11 is 0. The predicted molar refractivity (Wildman–Crippen MR) is 74.2 cm³/mol. The second-order valence-corrected chi connectivity index (χ2v) is 4.57.